The maximum atomic E-state index is 5.35. The van der Waals surface area contributed by atoms with E-state index in [1.807, 2.05) is 48.8 Å². The number of hydrogen-bond donors (Lipinski definition) is 2. The molecule has 0 aliphatic rings. The first-order chi connectivity index (χ1) is 27.7. The van der Waals surface area contributed by atoms with Crippen molar-refractivity contribution in [1.82, 2.24) is 19.9 Å². The second kappa shape index (κ2) is 11.8. The molecule has 0 unspecified atom stereocenters. The van der Waals surface area contributed by atoms with Crippen molar-refractivity contribution >= 4 is 75.7 Å². The van der Waals surface area contributed by atoms with Gasteiger partial charge < -0.3 is 9.97 Å². The van der Waals surface area contributed by atoms with Crippen LogP contribution in [-0.4, -0.2) is 19.9 Å². The standard InChI is InChI=1S/C52H28N4/c1-5-33-17-19-37-15-11-31(41-27-25-35(7-1)45(33)47(37)41)13-21-39-23-24-40(50-49(39)55-51(43-9-3-29-53-43)52(56-50)44-10-4-30-54-44)22-14-32-12-16-38-20-18-34-6-2-8-36-26-28-42(32)48(38)46(34)36/h1-12,15-20,23-30,53-54H. The molecule has 0 saturated carbocycles. The number of benzene rings is 9. The summed E-state index contributed by atoms with van der Waals surface area (Å²) in [5.74, 6) is 14.2. The molecular formula is C52H28N4. The van der Waals surface area contributed by atoms with E-state index in [1.165, 1.54) is 53.9 Å². The Labute approximate surface area is 321 Å². The highest BCUT2D eigenvalue weighted by atomic mass is 14.9. The van der Waals surface area contributed by atoms with Crippen molar-refractivity contribution < 1.29 is 0 Å². The van der Waals surface area contributed by atoms with Gasteiger partial charge in [-0.1, -0.05) is 121 Å². The quantitative estimate of drug-likeness (QED) is 0.139. The summed E-state index contributed by atoms with van der Waals surface area (Å²) >= 11 is 0. The third-order valence-electron chi connectivity index (χ3n) is 11.2. The molecule has 12 aromatic rings. The van der Waals surface area contributed by atoms with Crippen molar-refractivity contribution in [3.8, 4) is 46.5 Å². The Balaban J connectivity index is 1.07. The Morgan fingerprint density at radius 2 is 0.679 bits per heavy atom. The lowest BCUT2D eigenvalue weighted by molar-refractivity contribution is 1.23. The maximum absolute atomic E-state index is 5.35. The molecule has 0 aliphatic carbocycles. The second-order valence-corrected chi connectivity index (χ2v) is 14.4. The highest BCUT2D eigenvalue weighted by Gasteiger charge is 2.18. The second-order valence-electron chi connectivity index (χ2n) is 14.4. The fourth-order valence-electron chi connectivity index (χ4n) is 8.63. The Bertz CT molecular complexity index is 3370. The van der Waals surface area contributed by atoms with Crippen LogP contribution in [0.2, 0.25) is 0 Å². The van der Waals surface area contributed by atoms with E-state index in [0.717, 1.165) is 55.8 Å². The molecule has 256 valence electrons. The van der Waals surface area contributed by atoms with Crippen LogP contribution in [0, 0.1) is 23.7 Å². The average Bonchev–Trinajstić information content (AvgIpc) is 4.00. The van der Waals surface area contributed by atoms with Crippen LogP contribution in [0.1, 0.15) is 22.3 Å². The van der Waals surface area contributed by atoms with Crippen LogP contribution in [0.5, 0.6) is 0 Å². The first kappa shape index (κ1) is 30.5. The molecule has 0 spiro atoms. The minimum Gasteiger partial charge on any atom is -0.360 e. The molecule has 4 nitrogen and oxygen atoms in total. The van der Waals surface area contributed by atoms with Crippen LogP contribution in [0.3, 0.4) is 0 Å². The molecule has 0 amide bonds. The minimum atomic E-state index is 0.706. The number of aromatic amines is 2. The average molecular weight is 709 g/mol. The SMILES string of the molecule is C(#Cc1ccc(C#Cc2ccc3ccc4cccc5ccc2c3c45)c2nc(-c3ccc[nH]3)c(-c3ccc[nH]3)nc12)c1ccc2ccc3cccc4ccc1c2c34. The highest BCUT2D eigenvalue weighted by Crippen LogP contribution is 2.38. The zero-order valence-corrected chi connectivity index (χ0v) is 29.9. The monoisotopic (exact) mass is 708 g/mol. The molecule has 0 fully saturated rings. The predicted octanol–water partition coefficient (Wildman–Crippen LogP) is 12.2. The predicted molar refractivity (Wildman–Crippen MR) is 231 cm³/mol. The van der Waals surface area contributed by atoms with E-state index in [4.69, 9.17) is 9.97 Å². The zero-order chi connectivity index (χ0) is 36.7. The van der Waals surface area contributed by atoms with Gasteiger partial charge in [0, 0.05) is 23.5 Å². The van der Waals surface area contributed by atoms with Crippen LogP contribution >= 0.6 is 0 Å². The van der Waals surface area contributed by atoms with Gasteiger partial charge in [0.05, 0.1) is 22.5 Å². The topological polar surface area (TPSA) is 57.4 Å². The van der Waals surface area contributed by atoms with Crippen LogP contribution in [0.25, 0.3) is 98.4 Å². The number of hydrogen-bond acceptors (Lipinski definition) is 2. The van der Waals surface area contributed by atoms with E-state index >= 15 is 0 Å². The molecular weight excluding hydrogens is 681 g/mol. The van der Waals surface area contributed by atoms with Gasteiger partial charge in [0.25, 0.3) is 0 Å². The summed E-state index contributed by atoms with van der Waals surface area (Å²) in [4.78, 5) is 17.4. The van der Waals surface area contributed by atoms with Gasteiger partial charge in [0.15, 0.2) is 0 Å². The smallest absolute Gasteiger partial charge is 0.115 e. The molecule has 4 heteroatoms. The normalized spacial score (nSPS) is 11.6. The summed E-state index contributed by atoms with van der Waals surface area (Å²) in [5.41, 5.74) is 8.17. The van der Waals surface area contributed by atoms with Gasteiger partial charge in [-0.3, -0.25) is 0 Å². The molecule has 0 radical (unpaired) electrons. The van der Waals surface area contributed by atoms with Gasteiger partial charge in [-0.05, 0) is 113 Å². The van der Waals surface area contributed by atoms with Crippen molar-refractivity contribution in [3.63, 3.8) is 0 Å². The fraction of sp³-hybridized carbons (Fsp3) is 0. The van der Waals surface area contributed by atoms with Crippen LogP contribution in [0.15, 0.2) is 158 Å². The molecule has 12 rings (SSSR count). The summed E-state index contributed by atoms with van der Waals surface area (Å²) < 4.78 is 0. The van der Waals surface area contributed by atoms with Crippen molar-refractivity contribution in [2.45, 2.75) is 0 Å². The molecule has 0 atom stereocenters. The van der Waals surface area contributed by atoms with E-state index in [-0.39, 0.29) is 0 Å². The van der Waals surface area contributed by atoms with E-state index in [2.05, 4.69) is 143 Å². The van der Waals surface area contributed by atoms with Gasteiger partial charge in [-0.25, -0.2) is 9.97 Å². The number of nitrogens with one attached hydrogen (secondary N) is 2. The van der Waals surface area contributed by atoms with Crippen molar-refractivity contribution in [1.29, 1.82) is 0 Å². The van der Waals surface area contributed by atoms with Gasteiger partial charge in [0.1, 0.15) is 22.4 Å². The zero-order valence-electron chi connectivity index (χ0n) is 29.9. The number of H-pyrrole nitrogens is 2. The Morgan fingerprint density at radius 1 is 0.321 bits per heavy atom. The summed E-state index contributed by atoms with van der Waals surface area (Å²) in [6.45, 7) is 0. The molecule has 9 aromatic carbocycles. The Morgan fingerprint density at radius 3 is 1.09 bits per heavy atom. The summed E-state index contributed by atoms with van der Waals surface area (Å²) in [7, 11) is 0. The number of aromatic nitrogens is 4. The summed E-state index contributed by atoms with van der Waals surface area (Å²) in [6, 6.07) is 51.3. The van der Waals surface area contributed by atoms with E-state index in [0.29, 0.717) is 11.0 Å². The fourth-order valence-corrected chi connectivity index (χ4v) is 8.63. The lowest BCUT2D eigenvalue weighted by Gasteiger charge is -2.12. The molecule has 0 saturated heterocycles. The minimum absolute atomic E-state index is 0.706. The molecule has 2 N–H and O–H groups in total. The molecule has 3 aromatic heterocycles. The maximum Gasteiger partial charge on any atom is 0.115 e. The third kappa shape index (κ3) is 4.57. The summed E-state index contributed by atoms with van der Waals surface area (Å²) in [5, 5.41) is 14.7. The van der Waals surface area contributed by atoms with Gasteiger partial charge >= 0.3 is 0 Å². The molecule has 0 aliphatic heterocycles. The molecule has 0 bridgehead atoms. The Kier molecular flexibility index (Phi) is 6.43. The number of nitrogens with zero attached hydrogens (tertiary/aromatic N) is 2. The van der Waals surface area contributed by atoms with Crippen LogP contribution in [0.4, 0.5) is 0 Å². The van der Waals surface area contributed by atoms with Crippen LogP contribution < -0.4 is 0 Å². The largest absolute Gasteiger partial charge is 0.360 e. The highest BCUT2D eigenvalue weighted by molar-refractivity contribution is 6.25. The molecule has 56 heavy (non-hydrogen) atoms. The van der Waals surface area contributed by atoms with Gasteiger partial charge in [-0.2, -0.15) is 0 Å². The first-order valence-corrected chi connectivity index (χ1v) is 18.7. The molecule has 3 heterocycles. The van der Waals surface area contributed by atoms with Gasteiger partial charge in [0.2, 0.25) is 0 Å². The lowest BCUT2D eigenvalue weighted by atomic mass is 9.92. The van der Waals surface area contributed by atoms with E-state index < -0.39 is 0 Å². The van der Waals surface area contributed by atoms with Crippen molar-refractivity contribution in [2.24, 2.45) is 0 Å². The van der Waals surface area contributed by atoms with E-state index in [9.17, 15) is 0 Å². The van der Waals surface area contributed by atoms with E-state index in [1.54, 1.807) is 0 Å². The van der Waals surface area contributed by atoms with Gasteiger partial charge in [-0.15, -0.1) is 0 Å². The third-order valence-corrected chi connectivity index (χ3v) is 11.2. The summed E-state index contributed by atoms with van der Waals surface area (Å²) in [6.07, 6.45) is 3.82. The lowest BCUT2D eigenvalue weighted by Crippen LogP contribution is -1.99. The first-order valence-electron chi connectivity index (χ1n) is 18.7. The van der Waals surface area contributed by atoms with Crippen LogP contribution in [-0.2, 0) is 0 Å². The van der Waals surface area contributed by atoms with Crippen molar-refractivity contribution in [2.75, 3.05) is 0 Å². The number of rotatable bonds is 2. The number of fused-ring (bicyclic) bond motifs is 1. The van der Waals surface area contributed by atoms with Crippen molar-refractivity contribution in [3.05, 3.63) is 180 Å². The Hall–Kier alpha value is -7.92.